The fraction of sp³-hybridized carbons (Fsp3) is 0.636. The number of hydrogen-bond donors (Lipinski definition) is 1. The molecule has 0 aliphatic heterocycles. The molecule has 0 spiro atoms. The van der Waals surface area contributed by atoms with E-state index < -0.39 is 0 Å². The molecule has 1 amide bonds. The van der Waals surface area contributed by atoms with E-state index in [0.717, 1.165) is 12.8 Å². The Morgan fingerprint density at radius 3 is 2.69 bits per heavy atom. The summed E-state index contributed by atoms with van der Waals surface area (Å²) < 4.78 is 3.20. The summed E-state index contributed by atoms with van der Waals surface area (Å²) in [7, 11) is 0. The van der Waals surface area contributed by atoms with Crippen LogP contribution in [0.1, 0.15) is 26.2 Å². The average Bonchev–Trinajstić information content (AvgIpc) is 2.99. The predicted molar refractivity (Wildman–Crippen MR) is 60.1 cm³/mol. The number of nitrogens with zero attached hydrogens (tertiary/aromatic N) is 2. The molecule has 1 aromatic heterocycles. The molecule has 1 heterocycles. The van der Waals surface area contributed by atoms with Gasteiger partial charge in [-0.15, -0.1) is 0 Å². The predicted octanol–water partition coefficient (Wildman–Crippen LogP) is 0.338. The molecular formula is C11H17N3O2. The number of aryl methyl sites for hydroxylation is 2. The Morgan fingerprint density at radius 1 is 1.44 bits per heavy atom. The zero-order valence-corrected chi connectivity index (χ0v) is 9.48. The molecule has 1 N–H and O–H groups in total. The van der Waals surface area contributed by atoms with Crippen molar-refractivity contribution >= 4 is 5.91 Å². The molecule has 0 aromatic carbocycles. The highest BCUT2D eigenvalue weighted by Crippen LogP contribution is 2.18. The first-order chi connectivity index (χ1) is 7.70. The number of aromatic nitrogens is 2. The first-order valence-electron chi connectivity index (χ1n) is 5.75. The van der Waals surface area contributed by atoms with Crippen molar-refractivity contribution in [3.63, 3.8) is 0 Å². The lowest BCUT2D eigenvalue weighted by Crippen LogP contribution is -2.29. The third kappa shape index (κ3) is 2.53. The minimum atomic E-state index is -0.0401. The Kier molecular flexibility index (Phi) is 3.12. The van der Waals surface area contributed by atoms with Gasteiger partial charge in [-0.25, -0.2) is 4.79 Å². The summed E-state index contributed by atoms with van der Waals surface area (Å²) in [5, 5.41) is 2.90. The van der Waals surface area contributed by atoms with Gasteiger partial charge >= 0.3 is 5.69 Å². The van der Waals surface area contributed by atoms with E-state index in [1.54, 1.807) is 21.5 Å². The van der Waals surface area contributed by atoms with Crippen LogP contribution in [0.4, 0.5) is 0 Å². The van der Waals surface area contributed by atoms with Gasteiger partial charge in [0.15, 0.2) is 0 Å². The number of carbonyl (C=O) groups is 1. The molecule has 1 saturated carbocycles. The van der Waals surface area contributed by atoms with Gasteiger partial charge in [0.2, 0.25) is 5.91 Å². The Morgan fingerprint density at radius 2 is 2.12 bits per heavy atom. The van der Waals surface area contributed by atoms with E-state index in [2.05, 4.69) is 5.32 Å². The maximum absolute atomic E-state index is 11.6. The van der Waals surface area contributed by atoms with Crippen molar-refractivity contribution in [3.05, 3.63) is 22.9 Å². The van der Waals surface area contributed by atoms with Gasteiger partial charge in [-0.2, -0.15) is 0 Å². The third-order valence-electron chi connectivity index (χ3n) is 2.78. The molecule has 1 aromatic rings. The monoisotopic (exact) mass is 223 g/mol. The van der Waals surface area contributed by atoms with E-state index >= 15 is 0 Å². The molecule has 1 aliphatic rings. The largest absolute Gasteiger partial charge is 0.353 e. The van der Waals surface area contributed by atoms with Crippen LogP contribution in [0.15, 0.2) is 17.2 Å². The zero-order valence-electron chi connectivity index (χ0n) is 9.48. The summed E-state index contributed by atoms with van der Waals surface area (Å²) in [6, 6.07) is 0.393. The molecule has 88 valence electrons. The van der Waals surface area contributed by atoms with Gasteiger partial charge in [0.1, 0.15) is 0 Å². The van der Waals surface area contributed by atoms with Crippen LogP contribution in [0.2, 0.25) is 0 Å². The Bertz CT molecular complexity index is 429. The molecule has 0 radical (unpaired) electrons. The first-order valence-corrected chi connectivity index (χ1v) is 5.75. The molecule has 2 rings (SSSR count). The van der Waals surface area contributed by atoms with Crippen LogP contribution < -0.4 is 11.0 Å². The second kappa shape index (κ2) is 4.55. The number of hydrogen-bond acceptors (Lipinski definition) is 2. The number of nitrogens with one attached hydrogen (secondary N) is 1. The summed E-state index contributed by atoms with van der Waals surface area (Å²) in [5.41, 5.74) is -0.0401. The van der Waals surface area contributed by atoms with E-state index in [1.807, 2.05) is 6.92 Å². The van der Waals surface area contributed by atoms with Crippen molar-refractivity contribution in [2.45, 2.75) is 45.3 Å². The quantitative estimate of drug-likeness (QED) is 0.782. The van der Waals surface area contributed by atoms with Crippen molar-refractivity contribution < 1.29 is 4.79 Å². The van der Waals surface area contributed by atoms with E-state index in [-0.39, 0.29) is 11.6 Å². The molecule has 0 saturated heterocycles. The normalized spacial score (nSPS) is 15.1. The highest BCUT2D eigenvalue weighted by molar-refractivity contribution is 5.76. The molecule has 1 aliphatic carbocycles. The number of rotatable bonds is 5. The van der Waals surface area contributed by atoms with Gasteiger partial charge in [-0.1, -0.05) is 0 Å². The second-order valence-corrected chi connectivity index (χ2v) is 4.15. The van der Waals surface area contributed by atoms with Crippen LogP contribution in [0.3, 0.4) is 0 Å². The number of carbonyl (C=O) groups excluding carboxylic acids is 1. The van der Waals surface area contributed by atoms with Crippen molar-refractivity contribution in [1.29, 1.82) is 0 Å². The van der Waals surface area contributed by atoms with Crippen molar-refractivity contribution in [1.82, 2.24) is 14.5 Å². The lowest BCUT2D eigenvalue weighted by Gasteiger charge is -2.03. The minimum absolute atomic E-state index is 0.0401. The molecule has 5 heteroatoms. The van der Waals surface area contributed by atoms with Crippen molar-refractivity contribution in [3.8, 4) is 0 Å². The topological polar surface area (TPSA) is 56.0 Å². The molecular weight excluding hydrogens is 206 g/mol. The highest BCUT2D eigenvalue weighted by Gasteiger charge is 2.22. The second-order valence-electron chi connectivity index (χ2n) is 4.15. The SMILES string of the molecule is CCn1ccn(CCC(=O)NC2CC2)c1=O. The van der Waals surface area contributed by atoms with Gasteiger partial charge in [-0.05, 0) is 19.8 Å². The summed E-state index contributed by atoms with van der Waals surface area (Å²) in [4.78, 5) is 23.1. The lowest BCUT2D eigenvalue weighted by atomic mass is 10.4. The maximum atomic E-state index is 11.6. The van der Waals surface area contributed by atoms with Crippen molar-refractivity contribution in [2.24, 2.45) is 0 Å². The summed E-state index contributed by atoms with van der Waals surface area (Å²) >= 11 is 0. The van der Waals surface area contributed by atoms with Crippen LogP contribution in [0.5, 0.6) is 0 Å². The van der Waals surface area contributed by atoms with Gasteiger partial charge in [-0.3, -0.25) is 13.9 Å². The van der Waals surface area contributed by atoms with Crippen LogP contribution in [-0.4, -0.2) is 21.1 Å². The fourth-order valence-corrected chi connectivity index (χ4v) is 1.61. The van der Waals surface area contributed by atoms with Gasteiger partial charge < -0.3 is 5.32 Å². The lowest BCUT2D eigenvalue weighted by molar-refractivity contribution is -0.121. The standard InChI is InChI=1S/C11H17N3O2/c1-2-13-7-8-14(11(13)16)6-5-10(15)12-9-3-4-9/h7-9H,2-6H2,1H3,(H,12,15). The van der Waals surface area contributed by atoms with Crippen LogP contribution >= 0.6 is 0 Å². The summed E-state index contributed by atoms with van der Waals surface area (Å²) in [6.07, 6.45) is 6.05. The van der Waals surface area contributed by atoms with Crippen molar-refractivity contribution in [2.75, 3.05) is 0 Å². The average molecular weight is 223 g/mol. The highest BCUT2D eigenvalue weighted by atomic mass is 16.2. The summed E-state index contributed by atoms with van der Waals surface area (Å²) in [6.45, 7) is 3.05. The fourth-order valence-electron chi connectivity index (χ4n) is 1.61. The Hall–Kier alpha value is -1.52. The number of amides is 1. The summed E-state index contributed by atoms with van der Waals surface area (Å²) in [5.74, 6) is 0.0404. The van der Waals surface area contributed by atoms with Gasteiger partial charge in [0.25, 0.3) is 0 Å². The molecule has 1 fully saturated rings. The van der Waals surface area contributed by atoms with Gasteiger partial charge in [0.05, 0.1) is 0 Å². The molecule has 0 bridgehead atoms. The van der Waals surface area contributed by atoms with Crippen LogP contribution in [0, 0.1) is 0 Å². The minimum Gasteiger partial charge on any atom is -0.353 e. The Labute approximate surface area is 94.1 Å². The van der Waals surface area contributed by atoms with Gasteiger partial charge in [0, 0.05) is 37.9 Å². The van der Waals surface area contributed by atoms with Crippen LogP contribution in [-0.2, 0) is 17.9 Å². The number of imidazole rings is 1. The van der Waals surface area contributed by atoms with E-state index in [1.165, 1.54) is 0 Å². The first kappa shape index (κ1) is 11.0. The van der Waals surface area contributed by atoms with E-state index in [9.17, 15) is 9.59 Å². The van der Waals surface area contributed by atoms with E-state index in [0.29, 0.717) is 25.6 Å². The maximum Gasteiger partial charge on any atom is 0.328 e. The van der Waals surface area contributed by atoms with Crippen LogP contribution in [0.25, 0.3) is 0 Å². The molecule has 0 unspecified atom stereocenters. The van der Waals surface area contributed by atoms with E-state index in [4.69, 9.17) is 0 Å². The smallest absolute Gasteiger partial charge is 0.328 e. The Balaban J connectivity index is 1.86. The molecule has 0 atom stereocenters. The third-order valence-corrected chi connectivity index (χ3v) is 2.78. The zero-order chi connectivity index (χ0) is 11.5. The molecule has 16 heavy (non-hydrogen) atoms. The molecule has 5 nitrogen and oxygen atoms in total.